The zero-order chi connectivity index (χ0) is 18.3. The fourth-order valence-electron chi connectivity index (χ4n) is 4.15. The van der Waals surface area contributed by atoms with Gasteiger partial charge in [0.25, 0.3) is 0 Å². The first-order valence-electron chi connectivity index (χ1n) is 9.24. The number of benzene rings is 1. The predicted molar refractivity (Wildman–Crippen MR) is 108 cm³/mol. The molecule has 1 unspecified atom stereocenters. The van der Waals surface area contributed by atoms with Crippen LogP contribution < -0.4 is 4.90 Å². The summed E-state index contributed by atoms with van der Waals surface area (Å²) in [6.07, 6.45) is 5.71. The van der Waals surface area contributed by atoms with Crippen LogP contribution in [-0.2, 0) is 30.7 Å². The number of hydrogen-bond donors (Lipinski definition) is 0. The van der Waals surface area contributed by atoms with E-state index in [2.05, 4.69) is 47.6 Å². The second-order valence-electron chi connectivity index (χ2n) is 6.99. The highest BCUT2D eigenvalue weighted by Gasteiger charge is 2.26. The Morgan fingerprint density at radius 3 is 2.69 bits per heavy atom. The van der Waals surface area contributed by atoms with E-state index < -0.39 is 11.2 Å². The molecule has 4 nitrogen and oxygen atoms in total. The van der Waals surface area contributed by atoms with Crippen molar-refractivity contribution in [1.29, 1.82) is 0 Å². The minimum absolute atomic E-state index is 0.878. The topological polar surface area (TPSA) is 44.1 Å². The smallest absolute Gasteiger partial charge is 0.181 e. The summed E-state index contributed by atoms with van der Waals surface area (Å²) in [7, 11) is 0. The van der Waals surface area contributed by atoms with Crippen LogP contribution in [0.5, 0.6) is 0 Å². The maximum atomic E-state index is 12.4. The van der Waals surface area contributed by atoms with Gasteiger partial charge in [-0.15, -0.1) is 0 Å². The summed E-state index contributed by atoms with van der Waals surface area (Å²) in [6, 6.07) is 10.7. The molecule has 136 valence electrons. The molecule has 0 spiro atoms. The molecule has 3 aromatic rings. The van der Waals surface area contributed by atoms with Crippen molar-refractivity contribution in [3.8, 4) is 0 Å². The van der Waals surface area contributed by atoms with Crippen LogP contribution in [0, 0.1) is 6.92 Å². The van der Waals surface area contributed by atoms with Crippen LogP contribution in [-0.4, -0.2) is 26.9 Å². The minimum Gasteiger partial charge on any atom is -0.612 e. The molecule has 0 N–H and O–H groups in total. The molecule has 5 heteroatoms. The summed E-state index contributed by atoms with van der Waals surface area (Å²) in [5, 5.41) is 1.08. The molecule has 2 aromatic heterocycles. The summed E-state index contributed by atoms with van der Waals surface area (Å²) in [4.78, 5) is 8.09. The summed E-state index contributed by atoms with van der Waals surface area (Å²) < 4.78 is 14.7. The van der Waals surface area contributed by atoms with Crippen molar-refractivity contribution in [2.24, 2.45) is 0 Å². The van der Waals surface area contributed by atoms with Gasteiger partial charge in [-0.1, -0.05) is 31.2 Å². The van der Waals surface area contributed by atoms with Gasteiger partial charge in [-0.05, 0) is 48.1 Å². The Labute approximate surface area is 158 Å². The lowest BCUT2D eigenvalue weighted by atomic mass is 10.00. The first-order chi connectivity index (χ1) is 12.6. The summed E-state index contributed by atoms with van der Waals surface area (Å²) in [6.45, 7) is 7.03. The number of rotatable bonds is 4. The molecule has 26 heavy (non-hydrogen) atoms. The molecule has 1 atom stereocenters. The van der Waals surface area contributed by atoms with Crippen molar-refractivity contribution in [3.05, 3.63) is 53.3 Å². The lowest BCUT2D eigenvalue weighted by Crippen LogP contribution is -2.31. The van der Waals surface area contributed by atoms with E-state index in [1.807, 2.05) is 12.3 Å². The van der Waals surface area contributed by atoms with Crippen molar-refractivity contribution in [3.63, 3.8) is 0 Å². The first kappa shape index (κ1) is 17.4. The number of aromatic nitrogens is 2. The number of anilines is 1. The molecule has 0 saturated carbocycles. The molecule has 0 bridgehead atoms. The van der Waals surface area contributed by atoms with Gasteiger partial charge in [0, 0.05) is 25.8 Å². The Morgan fingerprint density at radius 2 is 1.96 bits per heavy atom. The summed E-state index contributed by atoms with van der Waals surface area (Å²) >= 11 is -1.01. The van der Waals surface area contributed by atoms with Crippen LogP contribution >= 0.6 is 0 Å². The lowest BCUT2D eigenvalue weighted by Gasteiger charge is -2.30. The van der Waals surface area contributed by atoms with Crippen molar-refractivity contribution < 1.29 is 4.55 Å². The molecule has 0 fully saturated rings. The van der Waals surface area contributed by atoms with Crippen LogP contribution in [0.15, 0.2) is 41.4 Å². The summed E-state index contributed by atoms with van der Waals surface area (Å²) in [5.41, 5.74) is 5.05. The fraction of sp³-hybridized carbons (Fsp3) is 0.381. The third-order valence-corrected chi connectivity index (χ3v) is 6.41. The average molecular weight is 368 g/mol. The normalized spacial score (nSPS) is 15.3. The highest BCUT2D eigenvalue weighted by atomic mass is 32.2. The van der Waals surface area contributed by atoms with Gasteiger partial charge >= 0.3 is 0 Å². The van der Waals surface area contributed by atoms with E-state index in [0.29, 0.717) is 0 Å². The SMILES string of the molecule is CCCn1c(C)c([S+](C)[O-])c2ccnc(N3CCc4ccccc4C3)c21. The van der Waals surface area contributed by atoms with Crippen LogP contribution in [0.3, 0.4) is 0 Å². The second-order valence-corrected chi connectivity index (χ2v) is 8.31. The van der Waals surface area contributed by atoms with Crippen molar-refractivity contribution in [2.75, 3.05) is 17.7 Å². The van der Waals surface area contributed by atoms with Gasteiger partial charge in [0.05, 0.1) is 16.6 Å². The highest BCUT2D eigenvalue weighted by Crippen LogP contribution is 2.36. The van der Waals surface area contributed by atoms with Crippen molar-refractivity contribution in [2.45, 2.75) is 44.7 Å². The zero-order valence-electron chi connectivity index (χ0n) is 15.7. The Kier molecular flexibility index (Phi) is 4.67. The standard InChI is InChI=1S/C21H25N3OS/c1-4-12-24-15(2)20(26(3)25)18-9-11-22-21(19(18)24)23-13-10-16-7-5-6-8-17(16)14-23/h5-9,11H,4,10,12-14H2,1-3H3. The molecule has 0 amide bonds. The Balaban J connectivity index is 1.87. The van der Waals surface area contributed by atoms with Crippen molar-refractivity contribution in [1.82, 2.24) is 9.55 Å². The monoisotopic (exact) mass is 367 g/mol. The van der Waals surface area contributed by atoms with E-state index >= 15 is 0 Å². The second kappa shape index (κ2) is 6.97. The molecule has 1 aromatic carbocycles. The number of nitrogens with zero attached hydrogens (tertiary/aromatic N) is 3. The number of aryl methyl sites for hydroxylation is 1. The van der Waals surface area contributed by atoms with Crippen LogP contribution in [0.25, 0.3) is 10.9 Å². The maximum Gasteiger partial charge on any atom is 0.181 e. The third kappa shape index (κ3) is 2.79. The van der Waals surface area contributed by atoms with Crippen LogP contribution in [0.1, 0.15) is 30.2 Å². The van der Waals surface area contributed by atoms with Gasteiger partial charge in [-0.3, -0.25) is 0 Å². The minimum atomic E-state index is -1.01. The van der Waals surface area contributed by atoms with Gasteiger partial charge in [-0.25, -0.2) is 4.98 Å². The maximum absolute atomic E-state index is 12.4. The van der Waals surface area contributed by atoms with Gasteiger partial charge in [0.1, 0.15) is 6.26 Å². The van der Waals surface area contributed by atoms with E-state index in [1.54, 1.807) is 6.26 Å². The number of hydrogen-bond acceptors (Lipinski definition) is 3. The zero-order valence-corrected chi connectivity index (χ0v) is 16.5. The van der Waals surface area contributed by atoms with Gasteiger partial charge in [0.15, 0.2) is 10.7 Å². The van der Waals surface area contributed by atoms with Crippen LogP contribution in [0.4, 0.5) is 5.82 Å². The van der Waals surface area contributed by atoms with Gasteiger partial charge in [0.2, 0.25) is 0 Å². The van der Waals surface area contributed by atoms with E-state index in [1.165, 1.54) is 11.1 Å². The first-order valence-corrected chi connectivity index (χ1v) is 10.8. The van der Waals surface area contributed by atoms with E-state index in [-0.39, 0.29) is 0 Å². The lowest BCUT2D eigenvalue weighted by molar-refractivity contribution is 0.599. The Morgan fingerprint density at radius 1 is 1.19 bits per heavy atom. The van der Waals surface area contributed by atoms with Crippen LogP contribution in [0.2, 0.25) is 0 Å². The molecular formula is C21H25N3OS. The number of pyridine rings is 1. The highest BCUT2D eigenvalue weighted by molar-refractivity contribution is 7.91. The molecule has 1 aliphatic rings. The largest absolute Gasteiger partial charge is 0.612 e. The molecule has 3 heterocycles. The average Bonchev–Trinajstić information content (AvgIpc) is 2.93. The third-order valence-electron chi connectivity index (χ3n) is 5.32. The number of fused-ring (bicyclic) bond motifs is 2. The predicted octanol–water partition coefficient (Wildman–Crippen LogP) is 4.05. The molecule has 4 rings (SSSR count). The van der Waals surface area contributed by atoms with E-state index in [4.69, 9.17) is 4.98 Å². The van der Waals surface area contributed by atoms with Gasteiger partial charge in [-0.2, -0.15) is 0 Å². The fourth-order valence-corrected chi connectivity index (χ4v) is 5.15. The van der Waals surface area contributed by atoms with Crippen molar-refractivity contribution >= 4 is 27.9 Å². The quantitative estimate of drug-likeness (QED) is 0.653. The molecule has 1 aliphatic heterocycles. The molecule has 0 radical (unpaired) electrons. The Hall–Kier alpha value is -1.98. The van der Waals surface area contributed by atoms with E-state index in [0.717, 1.165) is 59.8 Å². The molecule has 0 saturated heterocycles. The van der Waals surface area contributed by atoms with Gasteiger partial charge < -0.3 is 14.0 Å². The molecular weight excluding hydrogens is 342 g/mol. The summed E-state index contributed by atoms with van der Waals surface area (Å²) in [5.74, 6) is 1.02. The molecule has 0 aliphatic carbocycles. The van der Waals surface area contributed by atoms with E-state index in [9.17, 15) is 4.55 Å². The Bertz CT molecular complexity index is 948.